The fraction of sp³-hybridized carbons (Fsp3) is 0.533. The summed E-state index contributed by atoms with van der Waals surface area (Å²) in [6.45, 7) is 5.29. The Bertz CT molecular complexity index is 480. The van der Waals surface area contributed by atoms with Gasteiger partial charge in [0.25, 0.3) is 0 Å². The number of halogens is 1. The Morgan fingerprint density at radius 2 is 2.09 bits per heavy atom. The molecule has 1 aliphatic rings. The summed E-state index contributed by atoms with van der Waals surface area (Å²) >= 11 is 7.68. The zero-order valence-corrected chi connectivity index (χ0v) is 14.2. The number of piperazine rings is 1. The van der Waals surface area contributed by atoms with Crippen LogP contribution in [0.25, 0.3) is 0 Å². The summed E-state index contributed by atoms with van der Waals surface area (Å²) in [4.78, 5) is 15.8. The lowest BCUT2D eigenvalue weighted by Crippen LogP contribution is -2.46. The number of anilines is 1. The normalized spacial score (nSPS) is 15.8. The van der Waals surface area contributed by atoms with Crippen molar-refractivity contribution in [1.29, 1.82) is 0 Å². The van der Waals surface area contributed by atoms with Gasteiger partial charge in [-0.15, -0.1) is 0 Å². The van der Waals surface area contributed by atoms with Gasteiger partial charge in [-0.05, 0) is 36.9 Å². The van der Waals surface area contributed by atoms with Crippen LogP contribution >= 0.6 is 23.4 Å². The molecule has 0 saturated carbocycles. The van der Waals surface area contributed by atoms with Crippen LogP contribution in [0.2, 0.25) is 5.02 Å². The molecule has 0 aliphatic carbocycles. The monoisotopic (exact) mass is 342 g/mol. The molecule has 0 spiro atoms. The van der Waals surface area contributed by atoms with Crippen LogP contribution in [0.3, 0.4) is 0 Å². The van der Waals surface area contributed by atoms with Gasteiger partial charge in [0.1, 0.15) is 0 Å². The maximum atomic E-state index is 11.0. The van der Waals surface area contributed by atoms with Crippen LogP contribution in [-0.4, -0.2) is 55.0 Å². The van der Waals surface area contributed by atoms with E-state index in [0.29, 0.717) is 5.75 Å². The molecule has 1 aromatic carbocycles. The molecule has 1 heterocycles. The number of nitrogens with zero attached hydrogens (tertiary/aromatic N) is 2. The molecular weight excluding hydrogens is 320 g/mol. The lowest BCUT2D eigenvalue weighted by Gasteiger charge is -2.36. The first kappa shape index (κ1) is 17.4. The van der Waals surface area contributed by atoms with Gasteiger partial charge in [-0.25, -0.2) is 5.84 Å². The highest BCUT2D eigenvalue weighted by molar-refractivity contribution is 7.99. The SMILES string of the molecule is NNC(=O)CSCCCN1CCN(c2cccc(Cl)c2)CC1. The summed E-state index contributed by atoms with van der Waals surface area (Å²) in [6.07, 6.45) is 1.10. The average molecular weight is 343 g/mol. The van der Waals surface area contributed by atoms with Crippen molar-refractivity contribution in [2.24, 2.45) is 5.84 Å². The molecule has 1 fully saturated rings. The first-order valence-corrected chi connectivity index (χ1v) is 9.02. The van der Waals surface area contributed by atoms with E-state index in [9.17, 15) is 4.79 Å². The van der Waals surface area contributed by atoms with Crippen molar-refractivity contribution in [2.45, 2.75) is 6.42 Å². The highest BCUT2D eigenvalue weighted by Crippen LogP contribution is 2.20. The van der Waals surface area contributed by atoms with Gasteiger partial charge in [-0.2, -0.15) is 11.8 Å². The first-order chi connectivity index (χ1) is 10.7. The maximum Gasteiger partial charge on any atom is 0.243 e. The Kier molecular flexibility index (Phi) is 7.32. The molecule has 0 unspecified atom stereocenters. The molecule has 0 radical (unpaired) electrons. The van der Waals surface area contributed by atoms with E-state index in [0.717, 1.165) is 49.9 Å². The van der Waals surface area contributed by atoms with Gasteiger partial charge < -0.3 is 4.90 Å². The number of rotatable bonds is 7. The number of nitrogens with one attached hydrogen (secondary N) is 1. The Morgan fingerprint density at radius 1 is 1.32 bits per heavy atom. The van der Waals surface area contributed by atoms with E-state index in [-0.39, 0.29) is 5.91 Å². The van der Waals surface area contributed by atoms with E-state index < -0.39 is 0 Å². The molecule has 122 valence electrons. The van der Waals surface area contributed by atoms with Gasteiger partial charge in [0.05, 0.1) is 5.75 Å². The Morgan fingerprint density at radius 3 is 2.77 bits per heavy atom. The number of benzene rings is 1. The van der Waals surface area contributed by atoms with Gasteiger partial charge >= 0.3 is 0 Å². The van der Waals surface area contributed by atoms with Gasteiger partial charge in [-0.3, -0.25) is 15.1 Å². The fourth-order valence-corrected chi connectivity index (χ4v) is 3.43. The molecule has 3 N–H and O–H groups in total. The van der Waals surface area contributed by atoms with E-state index in [4.69, 9.17) is 17.4 Å². The molecule has 1 saturated heterocycles. The summed E-state index contributed by atoms with van der Waals surface area (Å²) < 4.78 is 0. The van der Waals surface area contributed by atoms with Gasteiger partial charge in [-0.1, -0.05) is 17.7 Å². The number of hydrazine groups is 1. The van der Waals surface area contributed by atoms with Crippen LogP contribution in [0, 0.1) is 0 Å². The number of carbonyl (C=O) groups excluding carboxylic acids is 1. The van der Waals surface area contributed by atoms with Crippen molar-refractivity contribution in [3.63, 3.8) is 0 Å². The van der Waals surface area contributed by atoms with Crippen LogP contribution in [0.5, 0.6) is 0 Å². The van der Waals surface area contributed by atoms with Crippen molar-refractivity contribution in [2.75, 3.05) is 49.1 Å². The van der Waals surface area contributed by atoms with Crippen molar-refractivity contribution < 1.29 is 4.79 Å². The molecule has 22 heavy (non-hydrogen) atoms. The lowest BCUT2D eigenvalue weighted by molar-refractivity contribution is -0.118. The highest BCUT2D eigenvalue weighted by atomic mass is 35.5. The minimum Gasteiger partial charge on any atom is -0.369 e. The molecule has 5 nitrogen and oxygen atoms in total. The van der Waals surface area contributed by atoms with Gasteiger partial charge in [0, 0.05) is 36.9 Å². The molecule has 0 atom stereocenters. The molecular formula is C15H23ClN4OS. The zero-order chi connectivity index (χ0) is 15.8. The third kappa shape index (κ3) is 5.68. The Labute approximate surface area is 141 Å². The number of carbonyl (C=O) groups is 1. The second-order valence-corrected chi connectivity index (χ2v) is 6.82. The maximum absolute atomic E-state index is 11.0. The highest BCUT2D eigenvalue weighted by Gasteiger charge is 2.16. The number of thioether (sulfide) groups is 1. The van der Waals surface area contributed by atoms with E-state index in [1.165, 1.54) is 5.69 Å². The van der Waals surface area contributed by atoms with E-state index in [1.54, 1.807) is 11.8 Å². The van der Waals surface area contributed by atoms with Gasteiger partial charge in [0.2, 0.25) is 5.91 Å². The smallest absolute Gasteiger partial charge is 0.243 e. The molecule has 1 aliphatic heterocycles. The molecule has 0 aromatic heterocycles. The lowest BCUT2D eigenvalue weighted by atomic mass is 10.2. The molecule has 2 rings (SSSR count). The van der Waals surface area contributed by atoms with E-state index in [2.05, 4.69) is 21.3 Å². The standard InChI is InChI=1S/C15H23ClN4OS/c16-13-3-1-4-14(11-13)20-8-6-19(7-9-20)5-2-10-22-12-15(21)18-17/h1,3-4,11H,2,5-10,12,17H2,(H,18,21). The van der Waals surface area contributed by atoms with E-state index >= 15 is 0 Å². The van der Waals surface area contributed by atoms with Crippen LogP contribution < -0.4 is 16.2 Å². The number of amides is 1. The predicted molar refractivity (Wildman–Crippen MR) is 94.4 cm³/mol. The summed E-state index contributed by atoms with van der Waals surface area (Å²) in [5.74, 6) is 6.36. The van der Waals surface area contributed by atoms with Crippen LogP contribution in [-0.2, 0) is 4.79 Å². The number of nitrogens with two attached hydrogens (primary N) is 1. The fourth-order valence-electron chi connectivity index (χ4n) is 2.50. The quantitative estimate of drug-likeness (QED) is 0.341. The van der Waals surface area contributed by atoms with Crippen LogP contribution in [0.1, 0.15) is 6.42 Å². The second kappa shape index (κ2) is 9.25. The topological polar surface area (TPSA) is 61.6 Å². The molecule has 0 bridgehead atoms. The first-order valence-electron chi connectivity index (χ1n) is 7.49. The largest absolute Gasteiger partial charge is 0.369 e. The summed E-state index contributed by atoms with van der Waals surface area (Å²) in [7, 11) is 0. The minimum atomic E-state index is -0.111. The van der Waals surface area contributed by atoms with Crippen molar-refractivity contribution in [3.05, 3.63) is 29.3 Å². The Balaban J connectivity index is 1.62. The summed E-state index contributed by atoms with van der Waals surface area (Å²) in [6, 6.07) is 8.04. The third-order valence-corrected chi connectivity index (χ3v) is 4.98. The Hall–Kier alpha value is -0.950. The molecule has 7 heteroatoms. The van der Waals surface area contributed by atoms with Crippen LogP contribution in [0.15, 0.2) is 24.3 Å². The summed E-state index contributed by atoms with van der Waals surface area (Å²) in [5, 5.41) is 0.790. The average Bonchev–Trinajstić information content (AvgIpc) is 2.55. The van der Waals surface area contributed by atoms with Crippen LogP contribution in [0.4, 0.5) is 5.69 Å². The van der Waals surface area contributed by atoms with Crippen molar-refractivity contribution in [3.8, 4) is 0 Å². The van der Waals surface area contributed by atoms with Crippen molar-refractivity contribution >= 4 is 35.0 Å². The molecule has 1 amide bonds. The number of hydrogen-bond donors (Lipinski definition) is 2. The van der Waals surface area contributed by atoms with Gasteiger partial charge in [0.15, 0.2) is 0 Å². The number of hydrogen-bond acceptors (Lipinski definition) is 5. The second-order valence-electron chi connectivity index (χ2n) is 5.28. The summed E-state index contributed by atoms with van der Waals surface area (Å²) in [5.41, 5.74) is 3.35. The minimum absolute atomic E-state index is 0.111. The van der Waals surface area contributed by atoms with Crippen molar-refractivity contribution in [1.82, 2.24) is 10.3 Å². The predicted octanol–water partition coefficient (Wildman–Crippen LogP) is 1.58. The van der Waals surface area contributed by atoms with E-state index in [1.807, 2.05) is 18.2 Å². The third-order valence-electron chi connectivity index (χ3n) is 3.70. The molecule has 1 aromatic rings. The zero-order valence-electron chi connectivity index (χ0n) is 12.6.